The van der Waals surface area contributed by atoms with Crippen LogP contribution in [0, 0.1) is 45.8 Å². The van der Waals surface area contributed by atoms with Crippen molar-refractivity contribution in [3.8, 4) is 0 Å². The van der Waals surface area contributed by atoms with E-state index in [-0.39, 0.29) is 46.0 Å². The maximum absolute atomic E-state index is 13.5. The first-order chi connectivity index (χ1) is 18.6. The van der Waals surface area contributed by atoms with E-state index in [1.807, 2.05) is 28.5 Å². The van der Waals surface area contributed by atoms with Crippen molar-refractivity contribution in [2.24, 2.45) is 45.8 Å². The summed E-state index contributed by atoms with van der Waals surface area (Å²) in [5, 5.41) is 26.5. The third-order valence-corrected chi connectivity index (χ3v) is 15.8. The summed E-state index contributed by atoms with van der Waals surface area (Å²) >= 11 is 0. The van der Waals surface area contributed by atoms with Crippen LogP contribution in [0.15, 0.2) is 24.3 Å². The fraction of sp³-hybridized carbons (Fsp3) is 0.781. The van der Waals surface area contributed by atoms with Crippen molar-refractivity contribution >= 4 is 33.1 Å². The fourth-order valence-corrected chi connectivity index (χ4v) is 14.3. The molecule has 0 radical (unpaired) electrons. The van der Waals surface area contributed by atoms with Gasteiger partial charge in [-0.1, -0.05) is 47.6 Å². The third kappa shape index (κ3) is 3.43. The Hall–Kier alpha value is -0.730. The molecule has 12 atom stereocenters. The maximum atomic E-state index is 13.5. The van der Waals surface area contributed by atoms with Gasteiger partial charge < -0.3 is 20.3 Å². The zero-order valence-electron chi connectivity index (χ0n) is 23.8. The molecule has 1 heterocycles. The molecule has 5 aliphatic carbocycles. The number of aliphatic hydroxyl groups is 2. The van der Waals surface area contributed by atoms with E-state index in [1.54, 1.807) is 7.11 Å². The molecular formula is C32H45NO4S2. The molecule has 0 unspecified atom stereocenters. The molecule has 1 spiro atoms. The number of ketones is 1. The van der Waals surface area contributed by atoms with E-state index in [9.17, 15) is 15.0 Å². The average molecular weight is 572 g/mol. The topological polar surface area (TPSA) is 78.8 Å². The summed E-state index contributed by atoms with van der Waals surface area (Å²) in [6, 6.07) is 8.87. The van der Waals surface area contributed by atoms with Gasteiger partial charge in [-0.15, -0.1) is 0 Å². The smallest absolute Gasteiger partial charge is 0.141 e. The number of anilines is 1. The molecule has 1 aliphatic heterocycles. The number of rotatable bonds is 2. The van der Waals surface area contributed by atoms with Gasteiger partial charge in [-0.2, -0.15) is 0 Å². The molecule has 0 amide bonds. The van der Waals surface area contributed by atoms with Crippen LogP contribution in [0.2, 0.25) is 0 Å². The van der Waals surface area contributed by atoms with Crippen molar-refractivity contribution in [1.82, 2.24) is 0 Å². The quantitative estimate of drug-likeness (QED) is 0.400. The molecule has 5 saturated carbocycles. The summed E-state index contributed by atoms with van der Waals surface area (Å²) in [5.41, 5.74) is 1.22. The van der Waals surface area contributed by atoms with Crippen molar-refractivity contribution in [3.63, 3.8) is 0 Å². The summed E-state index contributed by atoms with van der Waals surface area (Å²) < 4.78 is 5.89. The lowest BCUT2D eigenvalue weighted by atomic mass is 9.48. The predicted molar refractivity (Wildman–Crippen MR) is 159 cm³/mol. The summed E-state index contributed by atoms with van der Waals surface area (Å²) in [6.07, 6.45) is 6.51. The summed E-state index contributed by atoms with van der Waals surface area (Å²) in [7, 11) is 5.56. The van der Waals surface area contributed by atoms with Gasteiger partial charge in [-0.3, -0.25) is 4.79 Å². The van der Waals surface area contributed by atoms with E-state index in [0.717, 1.165) is 30.0 Å². The number of carbonyl (C=O) groups excluding carboxylic acids is 1. The Bertz CT molecular complexity index is 1160. The highest BCUT2D eigenvalue weighted by molar-refractivity contribution is 8.76. The first-order valence-electron chi connectivity index (χ1n) is 15.1. The molecule has 214 valence electrons. The third-order valence-electron chi connectivity index (χ3n) is 13.3. The Balaban J connectivity index is 1.25. The first-order valence-corrected chi connectivity index (χ1v) is 17.6. The van der Waals surface area contributed by atoms with Gasteiger partial charge >= 0.3 is 0 Å². The number of nitrogens with one attached hydrogen (secondary N) is 1. The number of Topliss-reactive ketones (excluding diaryl/α,β-unsaturated/α-hetero) is 1. The summed E-state index contributed by atoms with van der Waals surface area (Å²) in [5.74, 6) is 4.01. The maximum Gasteiger partial charge on any atom is 0.141 e. The van der Waals surface area contributed by atoms with Crippen LogP contribution < -0.4 is 5.32 Å². The van der Waals surface area contributed by atoms with E-state index >= 15 is 0 Å². The second-order valence-corrected chi connectivity index (χ2v) is 17.0. The Morgan fingerprint density at radius 1 is 1.08 bits per heavy atom. The highest BCUT2D eigenvalue weighted by Gasteiger charge is 2.87. The van der Waals surface area contributed by atoms with E-state index in [4.69, 9.17) is 4.74 Å². The van der Waals surface area contributed by atoms with Gasteiger partial charge in [0.05, 0.1) is 24.2 Å². The van der Waals surface area contributed by atoms with Gasteiger partial charge in [0.25, 0.3) is 0 Å². The van der Waals surface area contributed by atoms with Crippen LogP contribution in [-0.4, -0.2) is 58.5 Å². The van der Waals surface area contributed by atoms with Crippen molar-refractivity contribution in [2.75, 3.05) is 23.9 Å². The number of methoxy groups -OCH3 is 1. The fourth-order valence-electron chi connectivity index (χ4n) is 11.5. The highest BCUT2D eigenvalue weighted by atomic mass is 33.1. The van der Waals surface area contributed by atoms with Gasteiger partial charge in [-0.05, 0) is 97.6 Å². The SMILES string of the molecule is CO[C@@H]1CC(=O)[C@@H]2[C@@H]3[C@@H]4CC[C@@]5(C[C@H]6Cc7cccc(c7)N[C@@H]([C@H](C)O)CSSC[C@H]6C5)[C@]3(C)[C@@](C)(C4)[C@]21O. The number of carbonyl (C=O) groups is 1. The van der Waals surface area contributed by atoms with E-state index in [2.05, 4.69) is 43.4 Å². The molecule has 7 heteroatoms. The molecule has 1 aromatic carbocycles. The van der Waals surface area contributed by atoms with Crippen molar-refractivity contribution in [2.45, 2.75) is 89.6 Å². The van der Waals surface area contributed by atoms with Crippen LogP contribution in [0.5, 0.6) is 0 Å². The van der Waals surface area contributed by atoms with Gasteiger partial charge in [0, 0.05) is 36.1 Å². The summed E-state index contributed by atoms with van der Waals surface area (Å²) in [6.45, 7) is 6.73. The van der Waals surface area contributed by atoms with E-state index in [1.165, 1.54) is 31.2 Å². The minimum Gasteiger partial charge on any atom is -0.391 e. The molecule has 39 heavy (non-hydrogen) atoms. The number of fused-ring (bicyclic) bond motifs is 5. The molecule has 0 saturated heterocycles. The Morgan fingerprint density at radius 2 is 1.85 bits per heavy atom. The van der Waals surface area contributed by atoms with Crippen LogP contribution in [0.1, 0.15) is 64.9 Å². The lowest BCUT2D eigenvalue weighted by Gasteiger charge is -2.57. The molecule has 5 fully saturated rings. The van der Waals surface area contributed by atoms with Crippen molar-refractivity contribution in [3.05, 3.63) is 29.8 Å². The Labute approximate surface area is 241 Å². The predicted octanol–water partition coefficient (Wildman–Crippen LogP) is 5.59. The monoisotopic (exact) mass is 571 g/mol. The molecule has 0 aromatic heterocycles. The van der Waals surface area contributed by atoms with Gasteiger partial charge in [0.1, 0.15) is 11.4 Å². The van der Waals surface area contributed by atoms with Crippen LogP contribution >= 0.6 is 21.6 Å². The van der Waals surface area contributed by atoms with Crippen molar-refractivity contribution < 1.29 is 19.7 Å². The van der Waals surface area contributed by atoms with Gasteiger partial charge in [0.15, 0.2) is 0 Å². The number of benzene rings is 1. The number of hydrogen-bond donors (Lipinski definition) is 3. The number of aliphatic hydroxyl groups excluding tert-OH is 1. The minimum atomic E-state index is -1.04. The lowest BCUT2D eigenvalue weighted by Crippen LogP contribution is -2.58. The Kier molecular flexibility index (Phi) is 6.35. The van der Waals surface area contributed by atoms with Crippen LogP contribution in [0.4, 0.5) is 5.69 Å². The zero-order valence-corrected chi connectivity index (χ0v) is 25.5. The minimum absolute atomic E-state index is 0.0255. The highest BCUT2D eigenvalue weighted by Crippen LogP contribution is 2.86. The molecular weight excluding hydrogens is 526 g/mol. The molecule has 6 bridgehead atoms. The first kappa shape index (κ1) is 27.1. The standard InChI is InChI=1S/C32H45NO4S2/c1-18(34)24-17-39-38-16-22-15-31(14-21(22)10-19-6-5-7-23(11-19)33-24)9-8-20-13-29(2)30(31,3)27(20)28-25(35)12-26(37-4)32(28,29)36/h5-7,11,18,20-22,24,26-28,33-34,36H,8-10,12-17H2,1-4H3/t18-,20+,21+,22+,24+,26+,27-,28+,29+,30-,31-,32+/m0/s1. The van der Waals surface area contributed by atoms with Crippen LogP contribution in [-0.2, 0) is 16.0 Å². The van der Waals surface area contributed by atoms with Crippen LogP contribution in [0.3, 0.4) is 0 Å². The average Bonchev–Trinajstić information content (AvgIpc) is 3.48. The number of ether oxygens (including phenoxy) is 1. The molecule has 5 nitrogen and oxygen atoms in total. The normalized spacial score (nSPS) is 51.1. The van der Waals surface area contributed by atoms with Gasteiger partial charge in [-0.25, -0.2) is 0 Å². The molecule has 3 N–H and O–H groups in total. The second kappa shape index (κ2) is 9.13. The lowest BCUT2D eigenvalue weighted by molar-refractivity contribution is -0.186. The Morgan fingerprint density at radius 3 is 2.62 bits per heavy atom. The van der Waals surface area contributed by atoms with Crippen molar-refractivity contribution in [1.29, 1.82) is 0 Å². The largest absolute Gasteiger partial charge is 0.391 e. The van der Waals surface area contributed by atoms with E-state index < -0.39 is 11.7 Å². The zero-order chi connectivity index (χ0) is 27.4. The molecule has 1 aromatic rings. The number of hydrogen-bond acceptors (Lipinski definition) is 7. The summed E-state index contributed by atoms with van der Waals surface area (Å²) in [4.78, 5) is 13.5. The molecule has 7 rings (SSSR count). The second-order valence-electron chi connectivity index (χ2n) is 14.4. The van der Waals surface area contributed by atoms with Crippen LogP contribution in [0.25, 0.3) is 0 Å². The molecule has 6 aliphatic rings. The van der Waals surface area contributed by atoms with E-state index in [0.29, 0.717) is 24.2 Å². The van der Waals surface area contributed by atoms with Gasteiger partial charge in [0.2, 0.25) is 0 Å².